The van der Waals surface area contributed by atoms with E-state index < -0.39 is 10.8 Å². The molecule has 1 atom stereocenters. The van der Waals surface area contributed by atoms with Crippen LogP contribution in [0.3, 0.4) is 0 Å². The van der Waals surface area contributed by atoms with E-state index in [1.807, 2.05) is 32.9 Å². The SMILES string of the molecule is CCOc1ccc([C@H]2C(C#N)=C(N)N(c3ccccc3[N+](=O)[O-])C3=C2C(=O)CC(C)(C)C3)cc1. The van der Waals surface area contributed by atoms with Crippen LogP contribution < -0.4 is 15.4 Å². The first-order chi connectivity index (χ1) is 16.2. The van der Waals surface area contributed by atoms with Gasteiger partial charge in [-0.1, -0.05) is 38.1 Å². The lowest BCUT2D eigenvalue weighted by atomic mass is 9.68. The summed E-state index contributed by atoms with van der Waals surface area (Å²) in [6.07, 6.45) is 0.787. The number of nitriles is 1. The molecule has 174 valence electrons. The smallest absolute Gasteiger partial charge is 0.293 e. The lowest BCUT2D eigenvalue weighted by molar-refractivity contribution is -0.384. The Morgan fingerprint density at radius 3 is 2.50 bits per heavy atom. The van der Waals surface area contributed by atoms with E-state index in [9.17, 15) is 20.2 Å². The molecule has 0 fully saturated rings. The Hall–Kier alpha value is -4.12. The monoisotopic (exact) mass is 458 g/mol. The molecule has 8 heteroatoms. The fraction of sp³-hybridized carbons (Fsp3) is 0.308. The van der Waals surface area contributed by atoms with Crippen molar-refractivity contribution < 1.29 is 14.5 Å². The van der Waals surface area contributed by atoms with Crippen molar-refractivity contribution in [3.63, 3.8) is 0 Å². The lowest BCUT2D eigenvalue weighted by Crippen LogP contribution is -2.42. The number of hydrogen-bond donors (Lipinski definition) is 1. The summed E-state index contributed by atoms with van der Waals surface area (Å²) in [5.74, 6) is 0.0385. The third-order valence-electron chi connectivity index (χ3n) is 6.22. The van der Waals surface area contributed by atoms with Crippen LogP contribution in [0.25, 0.3) is 0 Å². The van der Waals surface area contributed by atoms with Crippen LogP contribution in [-0.4, -0.2) is 17.3 Å². The Balaban J connectivity index is 1.98. The first kappa shape index (κ1) is 23.1. The molecule has 8 nitrogen and oxygen atoms in total. The van der Waals surface area contributed by atoms with Crippen LogP contribution in [0.1, 0.15) is 45.1 Å². The van der Waals surface area contributed by atoms with Crippen LogP contribution in [0.4, 0.5) is 11.4 Å². The van der Waals surface area contributed by atoms with Gasteiger partial charge in [0.1, 0.15) is 17.3 Å². The Bertz CT molecular complexity index is 1270. The zero-order chi connectivity index (χ0) is 24.6. The normalized spacial score (nSPS) is 19.5. The minimum absolute atomic E-state index is 0.0889. The van der Waals surface area contributed by atoms with Gasteiger partial charge in [0.2, 0.25) is 0 Å². The Kier molecular flexibility index (Phi) is 5.88. The quantitative estimate of drug-likeness (QED) is 0.497. The van der Waals surface area contributed by atoms with Crippen molar-refractivity contribution in [3.05, 3.63) is 86.9 Å². The molecule has 0 amide bonds. The molecule has 1 heterocycles. The summed E-state index contributed by atoms with van der Waals surface area (Å²) in [4.78, 5) is 26.4. The Labute approximate surface area is 198 Å². The predicted molar refractivity (Wildman–Crippen MR) is 128 cm³/mol. The van der Waals surface area contributed by atoms with Gasteiger partial charge in [0.25, 0.3) is 5.69 Å². The van der Waals surface area contributed by atoms with Gasteiger partial charge in [-0.2, -0.15) is 5.26 Å². The number of allylic oxidation sites excluding steroid dienone is 3. The number of carbonyl (C=O) groups excluding carboxylic acids is 1. The van der Waals surface area contributed by atoms with Crippen molar-refractivity contribution in [2.24, 2.45) is 11.1 Å². The third-order valence-corrected chi connectivity index (χ3v) is 6.22. The van der Waals surface area contributed by atoms with Crippen LogP contribution in [0, 0.1) is 26.9 Å². The number of carbonyl (C=O) groups is 1. The summed E-state index contributed by atoms with van der Waals surface area (Å²) in [6, 6.07) is 15.7. The standard InChI is InChI=1S/C26H26N4O4/c1-4-34-17-11-9-16(10-12-17)23-18(15-27)25(28)29(19-7-5-6-8-20(19)30(32)33)21-13-26(2,3)14-22(31)24(21)23/h5-12,23H,4,13-14,28H2,1-3H3/t23-/m0/s1. The summed E-state index contributed by atoms with van der Waals surface area (Å²) in [5, 5.41) is 22.0. The zero-order valence-corrected chi connectivity index (χ0v) is 19.4. The van der Waals surface area contributed by atoms with E-state index in [0.717, 1.165) is 5.56 Å². The van der Waals surface area contributed by atoms with E-state index in [4.69, 9.17) is 10.5 Å². The van der Waals surface area contributed by atoms with E-state index in [2.05, 4.69) is 6.07 Å². The Morgan fingerprint density at radius 2 is 1.88 bits per heavy atom. The maximum atomic E-state index is 13.5. The summed E-state index contributed by atoms with van der Waals surface area (Å²) < 4.78 is 5.54. The van der Waals surface area contributed by atoms with Gasteiger partial charge in [-0.25, -0.2) is 0 Å². The summed E-state index contributed by atoms with van der Waals surface area (Å²) >= 11 is 0. The highest BCUT2D eigenvalue weighted by Gasteiger charge is 2.45. The van der Waals surface area contributed by atoms with Gasteiger partial charge in [0.15, 0.2) is 5.78 Å². The number of rotatable bonds is 5. The summed E-state index contributed by atoms with van der Waals surface area (Å²) in [7, 11) is 0. The number of nitro benzene ring substituents is 1. The number of Topliss-reactive ketones (excluding diaryl/α,β-unsaturated/α-hetero) is 1. The van der Waals surface area contributed by atoms with E-state index >= 15 is 0 Å². The van der Waals surface area contributed by atoms with Gasteiger partial charge in [-0.3, -0.25) is 19.8 Å². The summed E-state index contributed by atoms with van der Waals surface area (Å²) in [6.45, 7) is 6.38. The van der Waals surface area contributed by atoms with Gasteiger partial charge >= 0.3 is 0 Å². The number of nitrogens with two attached hydrogens (primary N) is 1. The van der Waals surface area contributed by atoms with Gasteiger partial charge in [-0.15, -0.1) is 0 Å². The van der Waals surface area contributed by atoms with Crippen molar-refractivity contribution >= 4 is 17.2 Å². The van der Waals surface area contributed by atoms with E-state index in [-0.39, 0.29) is 34.0 Å². The number of ether oxygens (including phenoxy) is 1. The maximum absolute atomic E-state index is 13.5. The second kappa shape index (κ2) is 8.67. The van der Waals surface area contributed by atoms with Crippen LogP contribution in [0.5, 0.6) is 5.75 Å². The highest BCUT2D eigenvalue weighted by atomic mass is 16.6. The van der Waals surface area contributed by atoms with Gasteiger partial charge in [0, 0.05) is 23.8 Å². The van der Waals surface area contributed by atoms with Crippen molar-refractivity contribution in [2.45, 2.75) is 39.5 Å². The average molecular weight is 459 g/mol. The largest absolute Gasteiger partial charge is 0.494 e. The molecule has 1 aliphatic heterocycles. The van der Waals surface area contributed by atoms with E-state index in [1.54, 1.807) is 30.3 Å². The molecular weight excluding hydrogens is 432 g/mol. The van der Waals surface area contributed by atoms with Crippen LogP contribution >= 0.6 is 0 Å². The van der Waals surface area contributed by atoms with Gasteiger partial charge < -0.3 is 10.5 Å². The topological polar surface area (TPSA) is 122 Å². The number of ketones is 1. The van der Waals surface area contributed by atoms with Crippen molar-refractivity contribution in [2.75, 3.05) is 11.5 Å². The molecule has 34 heavy (non-hydrogen) atoms. The van der Waals surface area contributed by atoms with Crippen molar-refractivity contribution in [1.82, 2.24) is 0 Å². The van der Waals surface area contributed by atoms with Gasteiger partial charge in [0.05, 0.1) is 29.1 Å². The molecule has 0 unspecified atom stereocenters. The molecule has 0 bridgehead atoms. The molecule has 0 radical (unpaired) electrons. The predicted octanol–water partition coefficient (Wildman–Crippen LogP) is 4.93. The van der Waals surface area contributed by atoms with Crippen LogP contribution in [-0.2, 0) is 4.79 Å². The first-order valence-corrected chi connectivity index (χ1v) is 11.1. The average Bonchev–Trinajstić information content (AvgIpc) is 2.78. The molecule has 0 aromatic heterocycles. The number of para-hydroxylation sites is 2. The molecule has 2 aliphatic rings. The summed E-state index contributed by atoms with van der Waals surface area (Å²) in [5.41, 5.74) is 8.29. The number of anilines is 1. The van der Waals surface area contributed by atoms with Crippen LogP contribution in [0.2, 0.25) is 0 Å². The lowest BCUT2D eigenvalue weighted by Gasteiger charge is -2.43. The molecule has 0 spiro atoms. The number of nitro groups is 1. The van der Waals surface area contributed by atoms with Crippen molar-refractivity contribution in [3.8, 4) is 11.8 Å². The first-order valence-electron chi connectivity index (χ1n) is 11.1. The molecule has 2 aromatic rings. The molecule has 2 N–H and O–H groups in total. The van der Waals surface area contributed by atoms with Crippen LogP contribution in [0.15, 0.2) is 71.2 Å². The molecule has 0 saturated heterocycles. The second-order valence-electron chi connectivity index (χ2n) is 9.23. The Morgan fingerprint density at radius 1 is 1.21 bits per heavy atom. The van der Waals surface area contributed by atoms with E-state index in [1.165, 1.54) is 11.0 Å². The fourth-order valence-electron chi connectivity index (χ4n) is 4.85. The molecule has 1 aliphatic carbocycles. The maximum Gasteiger partial charge on any atom is 0.293 e. The zero-order valence-electron chi connectivity index (χ0n) is 19.4. The number of benzene rings is 2. The second-order valence-corrected chi connectivity index (χ2v) is 9.23. The number of nitrogens with zero attached hydrogens (tertiary/aromatic N) is 3. The highest BCUT2D eigenvalue weighted by Crippen LogP contribution is 2.51. The molecule has 4 rings (SSSR count). The minimum atomic E-state index is -0.654. The number of hydrogen-bond acceptors (Lipinski definition) is 7. The molecule has 2 aromatic carbocycles. The highest BCUT2D eigenvalue weighted by molar-refractivity contribution is 6.02. The third kappa shape index (κ3) is 3.90. The fourth-order valence-corrected chi connectivity index (χ4v) is 4.85. The minimum Gasteiger partial charge on any atom is -0.494 e. The molecule has 0 saturated carbocycles. The molecular formula is C26H26N4O4. The van der Waals surface area contributed by atoms with Crippen molar-refractivity contribution in [1.29, 1.82) is 5.26 Å². The van der Waals surface area contributed by atoms with Gasteiger partial charge in [-0.05, 0) is 42.5 Å². The van der Waals surface area contributed by atoms with E-state index in [0.29, 0.717) is 36.5 Å².